The second-order valence-corrected chi connectivity index (χ2v) is 6.76. The molecule has 1 heterocycles. The summed E-state index contributed by atoms with van der Waals surface area (Å²) in [6.45, 7) is 7.94. The summed E-state index contributed by atoms with van der Waals surface area (Å²) in [5, 5.41) is 14.6. The molecule has 2 aromatic rings. The van der Waals surface area contributed by atoms with Crippen molar-refractivity contribution in [3.8, 4) is 0 Å². The van der Waals surface area contributed by atoms with Crippen molar-refractivity contribution in [2.75, 3.05) is 14.1 Å². The number of benzene rings is 1. The zero-order valence-electron chi connectivity index (χ0n) is 14.3. The largest absolute Gasteiger partial charge is 0.389 e. The predicted octanol–water partition coefficient (Wildman–Crippen LogP) is 2.32. The molecule has 0 aliphatic rings. The fourth-order valence-corrected chi connectivity index (χ4v) is 2.58. The van der Waals surface area contributed by atoms with E-state index in [-0.39, 0.29) is 6.04 Å². The average molecular weight is 302 g/mol. The molecule has 22 heavy (non-hydrogen) atoms. The Balaban J connectivity index is 2.47. The zero-order valence-corrected chi connectivity index (χ0v) is 14.3. The van der Waals surface area contributed by atoms with E-state index in [0.29, 0.717) is 6.54 Å². The van der Waals surface area contributed by atoms with Crippen LogP contribution >= 0.6 is 0 Å². The van der Waals surface area contributed by atoms with E-state index in [0.717, 1.165) is 11.6 Å². The summed E-state index contributed by atoms with van der Waals surface area (Å²) in [5.74, 6) is 1.58. The lowest BCUT2D eigenvalue weighted by molar-refractivity contribution is 0.0554. The van der Waals surface area contributed by atoms with Crippen molar-refractivity contribution < 1.29 is 5.11 Å². The van der Waals surface area contributed by atoms with Gasteiger partial charge in [-0.3, -0.25) is 4.90 Å². The predicted molar refractivity (Wildman–Crippen MR) is 87.8 cm³/mol. The third kappa shape index (κ3) is 3.93. The molecule has 1 atom stereocenters. The van der Waals surface area contributed by atoms with Crippen molar-refractivity contribution in [2.24, 2.45) is 0 Å². The first-order valence-electron chi connectivity index (χ1n) is 7.54. The number of aromatic nitrogens is 3. The summed E-state index contributed by atoms with van der Waals surface area (Å²) < 4.78 is 1.82. The molecule has 1 N–H and O–H groups in total. The van der Waals surface area contributed by atoms with Gasteiger partial charge in [-0.2, -0.15) is 5.10 Å². The van der Waals surface area contributed by atoms with Crippen LogP contribution in [-0.4, -0.2) is 44.5 Å². The van der Waals surface area contributed by atoms with Gasteiger partial charge in [0, 0.05) is 0 Å². The molecule has 0 bridgehead atoms. The van der Waals surface area contributed by atoms with Gasteiger partial charge in [0.05, 0.1) is 18.2 Å². The zero-order chi connectivity index (χ0) is 16.5. The Hall–Kier alpha value is -1.72. The van der Waals surface area contributed by atoms with Gasteiger partial charge in [0.25, 0.3) is 0 Å². The summed E-state index contributed by atoms with van der Waals surface area (Å²) in [6, 6.07) is 8.46. The second kappa shape index (κ2) is 6.18. The van der Waals surface area contributed by atoms with Crippen LogP contribution in [0.15, 0.2) is 24.3 Å². The lowest BCUT2D eigenvalue weighted by atomic mass is 10.0. The molecule has 0 amide bonds. The maximum absolute atomic E-state index is 10.1. The van der Waals surface area contributed by atoms with Crippen LogP contribution < -0.4 is 0 Å². The van der Waals surface area contributed by atoms with Crippen molar-refractivity contribution in [3.05, 3.63) is 47.0 Å². The molecule has 120 valence electrons. The third-order valence-electron chi connectivity index (χ3n) is 3.50. The first kappa shape index (κ1) is 16.6. The van der Waals surface area contributed by atoms with Crippen molar-refractivity contribution in [3.63, 3.8) is 0 Å². The number of hydrogen-bond acceptors (Lipinski definition) is 4. The van der Waals surface area contributed by atoms with E-state index in [2.05, 4.69) is 46.2 Å². The maximum Gasteiger partial charge on any atom is 0.149 e. The van der Waals surface area contributed by atoms with Gasteiger partial charge in [0.15, 0.2) is 0 Å². The summed E-state index contributed by atoms with van der Waals surface area (Å²) in [4.78, 5) is 6.73. The number of aryl methyl sites for hydroxylation is 2. The minimum Gasteiger partial charge on any atom is -0.389 e. The van der Waals surface area contributed by atoms with Crippen LogP contribution in [0.1, 0.15) is 42.7 Å². The van der Waals surface area contributed by atoms with Crippen molar-refractivity contribution >= 4 is 0 Å². The summed E-state index contributed by atoms with van der Waals surface area (Å²) in [7, 11) is 4.06. The van der Waals surface area contributed by atoms with Crippen LogP contribution in [0.2, 0.25) is 0 Å². The highest BCUT2D eigenvalue weighted by Gasteiger charge is 2.26. The summed E-state index contributed by atoms with van der Waals surface area (Å²) in [5.41, 5.74) is 1.56. The Labute approximate surface area is 132 Å². The quantitative estimate of drug-likeness (QED) is 0.921. The monoisotopic (exact) mass is 302 g/mol. The van der Waals surface area contributed by atoms with Gasteiger partial charge in [0.2, 0.25) is 0 Å². The maximum atomic E-state index is 10.1. The number of nitrogens with zero attached hydrogens (tertiary/aromatic N) is 4. The first-order chi connectivity index (χ1) is 10.2. The number of rotatable bonds is 5. The lowest BCUT2D eigenvalue weighted by Gasteiger charge is -2.26. The molecule has 0 unspecified atom stereocenters. The minimum absolute atomic E-state index is 0.00384. The van der Waals surface area contributed by atoms with Gasteiger partial charge in [0.1, 0.15) is 11.6 Å². The first-order valence-corrected chi connectivity index (χ1v) is 7.54. The SMILES string of the molecule is Cc1ccc([C@H](c2nc(C)nn2CC(C)(C)O)N(C)C)cc1. The van der Waals surface area contributed by atoms with Crippen LogP contribution in [-0.2, 0) is 6.54 Å². The molecular weight excluding hydrogens is 276 g/mol. The van der Waals surface area contributed by atoms with Crippen molar-refractivity contribution in [2.45, 2.75) is 45.9 Å². The smallest absolute Gasteiger partial charge is 0.149 e. The van der Waals surface area contributed by atoms with Gasteiger partial charge in [-0.1, -0.05) is 29.8 Å². The molecule has 0 aliphatic carbocycles. The summed E-state index contributed by atoms with van der Waals surface area (Å²) in [6.07, 6.45) is 0. The van der Waals surface area contributed by atoms with E-state index in [4.69, 9.17) is 0 Å². The van der Waals surface area contributed by atoms with Crippen LogP contribution in [0.25, 0.3) is 0 Å². The average Bonchev–Trinajstić information content (AvgIpc) is 2.70. The molecule has 0 spiro atoms. The van der Waals surface area contributed by atoms with Crippen molar-refractivity contribution in [1.82, 2.24) is 19.7 Å². The van der Waals surface area contributed by atoms with Crippen LogP contribution in [0.4, 0.5) is 0 Å². The molecule has 5 nitrogen and oxygen atoms in total. The standard InChI is InChI=1S/C17H26N4O/c1-12-7-9-14(10-8-12)15(20(5)6)16-18-13(2)19-21(16)11-17(3,4)22/h7-10,15,22H,11H2,1-6H3/t15-/m1/s1. The summed E-state index contributed by atoms with van der Waals surface area (Å²) >= 11 is 0. The van der Waals surface area contributed by atoms with E-state index in [1.54, 1.807) is 13.8 Å². The van der Waals surface area contributed by atoms with Crippen LogP contribution in [0, 0.1) is 13.8 Å². The number of hydrogen-bond donors (Lipinski definition) is 1. The Morgan fingerprint density at radius 3 is 2.27 bits per heavy atom. The second-order valence-electron chi connectivity index (χ2n) is 6.76. The Morgan fingerprint density at radius 2 is 1.77 bits per heavy atom. The molecule has 0 radical (unpaired) electrons. The fraction of sp³-hybridized carbons (Fsp3) is 0.529. The number of aliphatic hydroxyl groups is 1. The highest BCUT2D eigenvalue weighted by atomic mass is 16.3. The molecule has 5 heteroatoms. The van der Waals surface area contributed by atoms with Crippen LogP contribution in [0.3, 0.4) is 0 Å². The molecular formula is C17H26N4O. The third-order valence-corrected chi connectivity index (χ3v) is 3.50. The van der Waals surface area contributed by atoms with E-state index < -0.39 is 5.60 Å². The minimum atomic E-state index is -0.834. The highest BCUT2D eigenvalue weighted by molar-refractivity contribution is 5.28. The molecule has 0 saturated carbocycles. The van der Waals surface area contributed by atoms with Gasteiger partial charge >= 0.3 is 0 Å². The molecule has 0 saturated heterocycles. The van der Waals surface area contributed by atoms with Gasteiger partial charge < -0.3 is 5.11 Å². The molecule has 0 aliphatic heterocycles. The van der Waals surface area contributed by atoms with E-state index in [9.17, 15) is 5.11 Å². The highest BCUT2D eigenvalue weighted by Crippen LogP contribution is 2.26. The van der Waals surface area contributed by atoms with Gasteiger partial charge in [-0.05, 0) is 47.4 Å². The molecule has 2 rings (SSSR count). The Kier molecular flexibility index (Phi) is 4.68. The van der Waals surface area contributed by atoms with E-state index in [1.807, 2.05) is 25.7 Å². The van der Waals surface area contributed by atoms with Crippen molar-refractivity contribution in [1.29, 1.82) is 0 Å². The van der Waals surface area contributed by atoms with E-state index >= 15 is 0 Å². The fourth-order valence-electron chi connectivity index (χ4n) is 2.58. The van der Waals surface area contributed by atoms with Crippen LogP contribution in [0.5, 0.6) is 0 Å². The molecule has 1 aromatic heterocycles. The normalized spacial score (nSPS) is 13.6. The topological polar surface area (TPSA) is 54.2 Å². The Bertz CT molecular complexity index is 623. The molecule has 0 fully saturated rings. The molecule has 1 aromatic carbocycles. The van der Waals surface area contributed by atoms with Gasteiger partial charge in [-0.15, -0.1) is 0 Å². The van der Waals surface area contributed by atoms with E-state index in [1.165, 1.54) is 11.1 Å². The lowest BCUT2D eigenvalue weighted by Crippen LogP contribution is -2.31. The Morgan fingerprint density at radius 1 is 1.18 bits per heavy atom. The van der Waals surface area contributed by atoms with Gasteiger partial charge in [-0.25, -0.2) is 9.67 Å².